The van der Waals surface area contributed by atoms with Crippen molar-refractivity contribution in [2.24, 2.45) is 5.73 Å². The molecule has 2 aromatic rings. The van der Waals surface area contributed by atoms with E-state index in [0.717, 1.165) is 0 Å². The first-order chi connectivity index (χ1) is 8.13. The van der Waals surface area contributed by atoms with Gasteiger partial charge in [0.25, 0.3) is 5.69 Å². The lowest BCUT2D eigenvalue weighted by Crippen LogP contribution is -2.18. The van der Waals surface area contributed by atoms with E-state index in [1.165, 1.54) is 22.8 Å². The first-order valence-electron chi connectivity index (χ1n) is 4.74. The Labute approximate surface area is 94.8 Å². The van der Waals surface area contributed by atoms with Crippen LogP contribution >= 0.6 is 0 Å². The lowest BCUT2D eigenvalue weighted by Gasteiger charge is -2.03. The van der Waals surface area contributed by atoms with E-state index < -0.39 is 10.6 Å². The molecular weight excluding hydrogens is 226 g/mol. The second-order valence-corrected chi connectivity index (χ2v) is 3.26. The number of non-ortho nitro benzene ring substituents is 1. The van der Waals surface area contributed by atoms with Crippen molar-refractivity contribution >= 4 is 5.69 Å². The molecule has 0 amide bonds. The van der Waals surface area contributed by atoms with Crippen molar-refractivity contribution in [3.8, 4) is 5.69 Å². The fourth-order valence-corrected chi connectivity index (χ4v) is 1.48. The first kappa shape index (κ1) is 11.0. The summed E-state index contributed by atoms with van der Waals surface area (Å²) in [5.74, 6) is 0.315. The highest BCUT2D eigenvalue weighted by atomic mass is 16.6. The van der Waals surface area contributed by atoms with Gasteiger partial charge in [0.05, 0.1) is 17.2 Å². The number of hydrogen-bond acceptors (Lipinski definition) is 5. The molecule has 3 N–H and O–H groups in total. The SMILES string of the molecule is NCc1n[nH]c(=O)n1-c1cccc([N+](=O)[O-])c1. The molecule has 0 saturated heterocycles. The summed E-state index contributed by atoms with van der Waals surface area (Å²) in [7, 11) is 0. The van der Waals surface area contributed by atoms with Gasteiger partial charge in [-0.3, -0.25) is 10.1 Å². The van der Waals surface area contributed by atoms with Gasteiger partial charge in [0, 0.05) is 12.1 Å². The molecule has 8 heteroatoms. The van der Waals surface area contributed by atoms with Gasteiger partial charge in [0.15, 0.2) is 5.82 Å². The minimum Gasteiger partial charge on any atom is -0.324 e. The third-order valence-corrected chi connectivity index (χ3v) is 2.22. The van der Waals surface area contributed by atoms with E-state index in [4.69, 9.17) is 5.73 Å². The average Bonchev–Trinajstić information content (AvgIpc) is 2.70. The van der Waals surface area contributed by atoms with Gasteiger partial charge < -0.3 is 5.73 Å². The van der Waals surface area contributed by atoms with Crippen LogP contribution in [0.2, 0.25) is 0 Å². The van der Waals surface area contributed by atoms with Gasteiger partial charge >= 0.3 is 5.69 Å². The lowest BCUT2D eigenvalue weighted by molar-refractivity contribution is -0.384. The van der Waals surface area contributed by atoms with Gasteiger partial charge in [-0.25, -0.2) is 14.5 Å². The summed E-state index contributed by atoms with van der Waals surface area (Å²) in [5, 5.41) is 16.6. The largest absolute Gasteiger partial charge is 0.347 e. The summed E-state index contributed by atoms with van der Waals surface area (Å²) < 4.78 is 1.20. The number of nitrogens with two attached hydrogens (primary N) is 1. The van der Waals surface area contributed by atoms with Crippen molar-refractivity contribution < 1.29 is 4.92 Å². The Hall–Kier alpha value is -2.48. The number of nitro benzene ring substituents is 1. The first-order valence-corrected chi connectivity index (χ1v) is 4.74. The zero-order valence-electron chi connectivity index (χ0n) is 8.66. The molecule has 0 aliphatic heterocycles. The molecule has 88 valence electrons. The molecule has 0 unspecified atom stereocenters. The molecule has 0 spiro atoms. The Morgan fingerprint density at radius 2 is 2.29 bits per heavy atom. The van der Waals surface area contributed by atoms with E-state index in [0.29, 0.717) is 11.5 Å². The molecular formula is C9H9N5O3. The number of nitrogens with zero attached hydrogens (tertiary/aromatic N) is 3. The fraction of sp³-hybridized carbons (Fsp3) is 0.111. The Morgan fingerprint density at radius 3 is 2.94 bits per heavy atom. The minimum absolute atomic E-state index is 0.0570. The average molecular weight is 235 g/mol. The summed E-state index contributed by atoms with van der Waals surface area (Å²) >= 11 is 0. The number of aromatic nitrogens is 3. The van der Waals surface area contributed by atoms with E-state index in [1.807, 2.05) is 0 Å². The third kappa shape index (κ3) is 1.93. The van der Waals surface area contributed by atoms with Gasteiger partial charge in [-0.2, -0.15) is 5.10 Å². The van der Waals surface area contributed by atoms with Gasteiger partial charge in [-0.15, -0.1) is 0 Å². The highest BCUT2D eigenvalue weighted by Crippen LogP contribution is 2.15. The Morgan fingerprint density at radius 1 is 1.53 bits per heavy atom. The minimum atomic E-state index is -0.531. The molecule has 1 heterocycles. The Kier molecular flexibility index (Phi) is 2.71. The summed E-state index contributed by atoms with van der Waals surface area (Å²) in [5.41, 5.74) is 5.20. The second kappa shape index (κ2) is 4.18. The van der Waals surface area contributed by atoms with Crippen LogP contribution in [0.1, 0.15) is 5.82 Å². The zero-order chi connectivity index (χ0) is 12.4. The van der Waals surface area contributed by atoms with Crippen LogP contribution in [0.15, 0.2) is 29.1 Å². The van der Waals surface area contributed by atoms with Crippen LogP contribution < -0.4 is 11.4 Å². The molecule has 0 atom stereocenters. The van der Waals surface area contributed by atoms with E-state index >= 15 is 0 Å². The van der Waals surface area contributed by atoms with E-state index in [-0.39, 0.29) is 12.2 Å². The number of nitrogens with one attached hydrogen (secondary N) is 1. The van der Waals surface area contributed by atoms with E-state index in [9.17, 15) is 14.9 Å². The molecule has 1 aromatic heterocycles. The predicted molar refractivity (Wildman–Crippen MR) is 58.7 cm³/mol. The molecule has 17 heavy (non-hydrogen) atoms. The number of H-pyrrole nitrogens is 1. The van der Waals surface area contributed by atoms with Crippen molar-refractivity contribution in [3.63, 3.8) is 0 Å². The number of rotatable bonds is 3. The standard InChI is InChI=1S/C9H9N5O3/c10-5-8-11-12-9(15)13(8)6-2-1-3-7(4-6)14(16)17/h1-4H,5,10H2,(H,12,15). The van der Waals surface area contributed by atoms with Gasteiger partial charge in [0.2, 0.25) is 0 Å². The van der Waals surface area contributed by atoms with Crippen LogP contribution in [0.5, 0.6) is 0 Å². The molecule has 8 nitrogen and oxygen atoms in total. The maximum absolute atomic E-state index is 11.5. The van der Waals surface area contributed by atoms with Gasteiger partial charge in [-0.05, 0) is 6.07 Å². The van der Waals surface area contributed by atoms with Gasteiger partial charge in [-0.1, -0.05) is 6.07 Å². The van der Waals surface area contributed by atoms with Crippen molar-refractivity contribution in [3.05, 3.63) is 50.7 Å². The summed E-state index contributed by atoms with van der Waals surface area (Å²) in [6, 6.07) is 5.70. The summed E-state index contributed by atoms with van der Waals surface area (Å²) in [6.45, 7) is 0.0570. The van der Waals surface area contributed by atoms with Crippen LogP contribution in [-0.4, -0.2) is 19.7 Å². The van der Waals surface area contributed by atoms with Gasteiger partial charge in [0.1, 0.15) is 0 Å². The Balaban J connectivity index is 2.60. The lowest BCUT2D eigenvalue weighted by atomic mass is 10.3. The number of nitro groups is 1. The van der Waals surface area contributed by atoms with Crippen molar-refractivity contribution in [1.29, 1.82) is 0 Å². The summed E-state index contributed by atoms with van der Waals surface area (Å²) in [4.78, 5) is 21.6. The Bertz CT molecular complexity index is 615. The van der Waals surface area contributed by atoms with Crippen molar-refractivity contribution in [2.75, 3.05) is 0 Å². The number of aromatic amines is 1. The molecule has 0 aliphatic carbocycles. The smallest absolute Gasteiger partial charge is 0.324 e. The quantitative estimate of drug-likeness (QED) is 0.569. The van der Waals surface area contributed by atoms with Crippen LogP contribution in [0.3, 0.4) is 0 Å². The molecule has 0 fully saturated rings. The highest BCUT2D eigenvalue weighted by molar-refractivity contribution is 5.43. The molecule has 2 rings (SSSR count). The fourth-order valence-electron chi connectivity index (χ4n) is 1.48. The third-order valence-electron chi connectivity index (χ3n) is 2.22. The van der Waals surface area contributed by atoms with Crippen molar-refractivity contribution in [2.45, 2.75) is 6.54 Å². The molecule has 0 saturated carbocycles. The highest BCUT2D eigenvalue weighted by Gasteiger charge is 2.12. The topological polar surface area (TPSA) is 120 Å². The molecule has 1 aromatic carbocycles. The maximum Gasteiger partial charge on any atom is 0.347 e. The second-order valence-electron chi connectivity index (χ2n) is 3.26. The maximum atomic E-state index is 11.5. The normalized spacial score (nSPS) is 10.4. The predicted octanol–water partition coefficient (Wildman–Crippen LogP) is -0.0725. The molecule has 0 aliphatic rings. The van der Waals surface area contributed by atoms with E-state index in [2.05, 4.69) is 10.2 Å². The number of benzene rings is 1. The zero-order valence-corrected chi connectivity index (χ0v) is 8.66. The molecule has 0 bridgehead atoms. The van der Waals surface area contributed by atoms with Crippen molar-refractivity contribution in [1.82, 2.24) is 14.8 Å². The van der Waals surface area contributed by atoms with Crippen LogP contribution in [0, 0.1) is 10.1 Å². The van der Waals surface area contributed by atoms with Crippen LogP contribution in [0.25, 0.3) is 5.69 Å². The van der Waals surface area contributed by atoms with Crippen LogP contribution in [-0.2, 0) is 6.54 Å². The molecule has 0 radical (unpaired) electrons. The van der Waals surface area contributed by atoms with Crippen LogP contribution in [0.4, 0.5) is 5.69 Å². The summed E-state index contributed by atoms with van der Waals surface area (Å²) in [6.07, 6.45) is 0. The monoisotopic (exact) mass is 235 g/mol. The number of hydrogen-bond donors (Lipinski definition) is 2. The van der Waals surface area contributed by atoms with E-state index in [1.54, 1.807) is 6.07 Å².